The minimum atomic E-state index is -0.312. The van der Waals surface area contributed by atoms with Crippen molar-refractivity contribution >= 4 is 28.8 Å². The van der Waals surface area contributed by atoms with Gasteiger partial charge in [-0.2, -0.15) is 0 Å². The number of imide groups is 1. The fraction of sp³-hybridized carbons (Fsp3) is 0.185. The molecular formula is C27H24N2O3. The Hall–Kier alpha value is -3.86. The van der Waals surface area contributed by atoms with Gasteiger partial charge in [0.1, 0.15) is 11.4 Å². The molecular weight excluding hydrogens is 400 g/mol. The molecule has 5 nitrogen and oxygen atoms in total. The largest absolute Gasteiger partial charge is 0.494 e. The molecule has 0 atom stereocenters. The first-order valence-corrected chi connectivity index (χ1v) is 11.0. The number of para-hydroxylation sites is 1. The minimum Gasteiger partial charge on any atom is -0.494 e. The van der Waals surface area contributed by atoms with Crippen LogP contribution in [0.25, 0.3) is 5.57 Å². The molecule has 2 heterocycles. The maximum Gasteiger partial charge on any atom is 0.282 e. The van der Waals surface area contributed by atoms with E-state index in [2.05, 4.69) is 6.07 Å². The molecule has 0 radical (unpaired) electrons. The van der Waals surface area contributed by atoms with Gasteiger partial charge in [0.2, 0.25) is 0 Å². The predicted molar refractivity (Wildman–Crippen MR) is 126 cm³/mol. The highest BCUT2D eigenvalue weighted by molar-refractivity contribution is 6.46. The maximum atomic E-state index is 13.8. The van der Waals surface area contributed by atoms with Crippen molar-refractivity contribution in [2.24, 2.45) is 0 Å². The van der Waals surface area contributed by atoms with Gasteiger partial charge in [-0.15, -0.1) is 0 Å². The Morgan fingerprint density at radius 3 is 2.47 bits per heavy atom. The van der Waals surface area contributed by atoms with Crippen LogP contribution in [0.4, 0.5) is 11.4 Å². The number of benzene rings is 3. The third-order valence-electron chi connectivity index (χ3n) is 5.89. The van der Waals surface area contributed by atoms with Crippen LogP contribution in [-0.4, -0.2) is 25.0 Å². The molecule has 2 amide bonds. The fourth-order valence-electron chi connectivity index (χ4n) is 4.51. The Bertz CT molecular complexity index is 1220. The lowest BCUT2D eigenvalue weighted by Crippen LogP contribution is -2.37. The van der Waals surface area contributed by atoms with E-state index in [0.717, 1.165) is 24.1 Å². The van der Waals surface area contributed by atoms with Crippen molar-refractivity contribution in [1.29, 1.82) is 0 Å². The molecule has 0 unspecified atom stereocenters. The van der Waals surface area contributed by atoms with Crippen LogP contribution in [0, 0.1) is 0 Å². The fourth-order valence-corrected chi connectivity index (χ4v) is 4.51. The molecule has 0 aromatic heterocycles. The molecule has 2 aliphatic rings. The van der Waals surface area contributed by atoms with E-state index in [1.165, 1.54) is 10.5 Å². The van der Waals surface area contributed by atoms with Crippen molar-refractivity contribution in [1.82, 2.24) is 0 Å². The third kappa shape index (κ3) is 3.36. The summed E-state index contributed by atoms with van der Waals surface area (Å²) in [5.41, 5.74) is 4.32. The van der Waals surface area contributed by atoms with Gasteiger partial charge in [-0.05, 0) is 49.1 Å². The van der Waals surface area contributed by atoms with Gasteiger partial charge < -0.3 is 9.64 Å². The minimum absolute atomic E-state index is 0.306. The van der Waals surface area contributed by atoms with E-state index in [1.54, 1.807) is 18.2 Å². The van der Waals surface area contributed by atoms with E-state index >= 15 is 0 Å². The molecule has 0 saturated heterocycles. The number of rotatable bonds is 5. The first-order valence-electron chi connectivity index (χ1n) is 11.0. The molecule has 0 spiro atoms. The number of hydrogen-bond acceptors (Lipinski definition) is 4. The zero-order valence-electron chi connectivity index (χ0n) is 18.0. The predicted octanol–water partition coefficient (Wildman–Crippen LogP) is 4.82. The van der Waals surface area contributed by atoms with E-state index in [-0.39, 0.29) is 11.8 Å². The molecule has 0 aliphatic carbocycles. The van der Waals surface area contributed by atoms with Crippen molar-refractivity contribution in [3.05, 3.63) is 95.7 Å². The number of anilines is 2. The van der Waals surface area contributed by atoms with Gasteiger partial charge >= 0.3 is 0 Å². The molecule has 0 bridgehead atoms. The highest BCUT2D eigenvalue weighted by Gasteiger charge is 2.43. The van der Waals surface area contributed by atoms with Crippen LogP contribution in [0.2, 0.25) is 0 Å². The summed E-state index contributed by atoms with van der Waals surface area (Å²) in [5, 5.41) is 0. The SMILES string of the molecule is CCOc1cccc(N2C(=O)C(c3ccccc3)=C(N3CCCc4ccccc43)C2=O)c1. The van der Waals surface area contributed by atoms with Gasteiger partial charge in [0.25, 0.3) is 11.8 Å². The van der Waals surface area contributed by atoms with Crippen molar-refractivity contribution in [2.45, 2.75) is 19.8 Å². The first kappa shape index (κ1) is 20.1. The summed E-state index contributed by atoms with van der Waals surface area (Å²) in [6, 6.07) is 24.7. The number of fused-ring (bicyclic) bond motifs is 1. The van der Waals surface area contributed by atoms with E-state index in [9.17, 15) is 9.59 Å². The lowest BCUT2D eigenvalue weighted by atomic mass is 9.98. The molecule has 0 N–H and O–H groups in total. The van der Waals surface area contributed by atoms with Gasteiger partial charge in [0.15, 0.2) is 0 Å². The van der Waals surface area contributed by atoms with Crippen molar-refractivity contribution in [3.8, 4) is 5.75 Å². The molecule has 3 aromatic rings. The zero-order valence-corrected chi connectivity index (χ0v) is 18.0. The van der Waals surface area contributed by atoms with Crippen LogP contribution in [0.5, 0.6) is 5.75 Å². The zero-order chi connectivity index (χ0) is 22.1. The van der Waals surface area contributed by atoms with Gasteiger partial charge in [0, 0.05) is 18.3 Å². The van der Waals surface area contributed by atoms with E-state index in [0.29, 0.717) is 35.9 Å². The van der Waals surface area contributed by atoms with Crippen LogP contribution in [0.1, 0.15) is 24.5 Å². The van der Waals surface area contributed by atoms with Crippen molar-refractivity contribution in [2.75, 3.05) is 23.0 Å². The Balaban J connectivity index is 1.66. The number of hydrogen-bond donors (Lipinski definition) is 0. The number of nitrogens with zero attached hydrogens (tertiary/aromatic N) is 2. The average molecular weight is 425 g/mol. The monoisotopic (exact) mass is 424 g/mol. The summed E-state index contributed by atoms with van der Waals surface area (Å²) in [6.45, 7) is 3.10. The van der Waals surface area contributed by atoms with Crippen LogP contribution in [-0.2, 0) is 16.0 Å². The van der Waals surface area contributed by atoms with Crippen LogP contribution >= 0.6 is 0 Å². The Morgan fingerprint density at radius 1 is 0.875 bits per heavy atom. The maximum absolute atomic E-state index is 13.8. The summed E-state index contributed by atoms with van der Waals surface area (Å²) in [6.07, 6.45) is 1.88. The number of ether oxygens (including phenoxy) is 1. The van der Waals surface area contributed by atoms with Gasteiger partial charge in [-0.3, -0.25) is 9.59 Å². The normalized spacial score (nSPS) is 15.9. The summed E-state index contributed by atoms with van der Waals surface area (Å²) >= 11 is 0. The second kappa shape index (κ2) is 8.35. The van der Waals surface area contributed by atoms with E-state index in [1.807, 2.05) is 66.4 Å². The van der Waals surface area contributed by atoms with Gasteiger partial charge in [0.05, 0.1) is 17.9 Å². The van der Waals surface area contributed by atoms with E-state index < -0.39 is 0 Å². The summed E-state index contributed by atoms with van der Waals surface area (Å²) in [7, 11) is 0. The number of carbonyl (C=O) groups is 2. The molecule has 0 fully saturated rings. The number of amides is 2. The number of aryl methyl sites for hydroxylation is 1. The van der Waals surface area contributed by atoms with E-state index in [4.69, 9.17) is 4.74 Å². The number of carbonyl (C=O) groups excluding carboxylic acids is 2. The van der Waals surface area contributed by atoms with Crippen LogP contribution in [0.15, 0.2) is 84.6 Å². The lowest BCUT2D eigenvalue weighted by molar-refractivity contribution is -0.120. The van der Waals surface area contributed by atoms with Crippen molar-refractivity contribution < 1.29 is 14.3 Å². The Labute approximate surface area is 187 Å². The Kier molecular flexibility index (Phi) is 5.23. The quantitative estimate of drug-likeness (QED) is 0.551. The highest BCUT2D eigenvalue weighted by atomic mass is 16.5. The lowest BCUT2D eigenvalue weighted by Gasteiger charge is -2.32. The molecule has 5 rings (SSSR count). The molecule has 5 heteroatoms. The van der Waals surface area contributed by atoms with Crippen LogP contribution < -0.4 is 14.5 Å². The first-order chi connectivity index (χ1) is 15.7. The molecule has 160 valence electrons. The molecule has 3 aromatic carbocycles. The highest BCUT2D eigenvalue weighted by Crippen LogP contribution is 2.39. The standard InChI is InChI=1S/C27H24N2O3/c1-2-32-22-15-8-14-21(18-22)29-26(30)24(20-11-4-3-5-12-20)25(27(29)31)28-17-9-13-19-10-6-7-16-23(19)28/h3-8,10-12,14-16,18H,2,9,13,17H2,1H3. The summed E-state index contributed by atoms with van der Waals surface area (Å²) < 4.78 is 5.60. The molecule has 2 aliphatic heterocycles. The summed E-state index contributed by atoms with van der Waals surface area (Å²) in [5.74, 6) is 0.00994. The van der Waals surface area contributed by atoms with Gasteiger partial charge in [-0.25, -0.2) is 4.90 Å². The third-order valence-corrected chi connectivity index (χ3v) is 5.89. The molecule has 32 heavy (non-hydrogen) atoms. The average Bonchev–Trinajstić information content (AvgIpc) is 3.09. The van der Waals surface area contributed by atoms with Crippen LogP contribution in [0.3, 0.4) is 0 Å². The van der Waals surface area contributed by atoms with Gasteiger partial charge in [-0.1, -0.05) is 54.6 Å². The van der Waals surface area contributed by atoms with Crippen molar-refractivity contribution in [3.63, 3.8) is 0 Å². The second-order valence-electron chi connectivity index (χ2n) is 7.85. The summed E-state index contributed by atoms with van der Waals surface area (Å²) in [4.78, 5) is 30.9. The molecule has 0 saturated carbocycles. The Morgan fingerprint density at radius 2 is 1.66 bits per heavy atom. The smallest absolute Gasteiger partial charge is 0.282 e. The second-order valence-corrected chi connectivity index (χ2v) is 7.85. The topological polar surface area (TPSA) is 49.9 Å².